The van der Waals surface area contributed by atoms with Crippen molar-refractivity contribution in [3.63, 3.8) is 0 Å². The second-order valence-electron chi connectivity index (χ2n) is 7.58. The number of aliphatic hydroxyl groups is 1. The molecule has 1 saturated heterocycles. The van der Waals surface area contributed by atoms with Crippen LogP contribution in [0.4, 0.5) is 0 Å². The molecule has 162 valence electrons. The summed E-state index contributed by atoms with van der Waals surface area (Å²) in [6.45, 7) is 1.41. The first-order chi connectivity index (χ1) is 15.3. The number of benzene rings is 3. The van der Waals surface area contributed by atoms with E-state index in [4.69, 9.17) is 18.9 Å². The molecular weight excluding hydrogens is 392 g/mol. The minimum absolute atomic E-state index is 0.235. The Bertz CT molecular complexity index is 887. The fourth-order valence-electron chi connectivity index (χ4n) is 3.59. The number of hydrogen-bond acceptors (Lipinski definition) is 5. The van der Waals surface area contributed by atoms with Crippen LogP contribution in [0.2, 0.25) is 0 Å². The van der Waals surface area contributed by atoms with Gasteiger partial charge in [0.1, 0.15) is 18.3 Å². The smallest absolute Gasteiger partial charge is 0.183 e. The third-order valence-corrected chi connectivity index (χ3v) is 5.28. The summed E-state index contributed by atoms with van der Waals surface area (Å²) < 4.78 is 24.1. The van der Waals surface area contributed by atoms with E-state index in [1.54, 1.807) is 0 Å². The molecule has 4 atom stereocenters. The second kappa shape index (κ2) is 11.2. The SMILES string of the molecule is O[C@@H]1OC[C@H](OCc2ccccc2)[C@H](OCc2ccccc2)[C@H]1OCc1ccccc1. The zero-order valence-corrected chi connectivity index (χ0v) is 17.4. The summed E-state index contributed by atoms with van der Waals surface area (Å²) in [6, 6.07) is 29.8. The third-order valence-electron chi connectivity index (χ3n) is 5.28. The van der Waals surface area contributed by atoms with E-state index in [2.05, 4.69) is 0 Å². The van der Waals surface area contributed by atoms with Gasteiger partial charge in [0, 0.05) is 0 Å². The van der Waals surface area contributed by atoms with E-state index in [1.165, 1.54) is 0 Å². The Labute approximate surface area is 183 Å². The lowest BCUT2D eigenvalue weighted by molar-refractivity contribution is -0.286. The summed E-state index contributed by atoms with van der Waals surface area (Å²) >= 11 is 0. The van der Waals surface area contributed by atoms with Crippen molar-refractivity contribution in [1.82, 2.24) is 0 Å². The first kappa shape index (κ1) is 21.7. The van der Waals surface area contributed by atoms with Gasteiger partial charge in [0.15, 0.2) is 6.29 Å². The molecule has 5 nitrogen and oxygen atoms in total. The fourth-order valence-corrected chi connectivity index (χ4v) is 3.59. The minimum atomic E-state index is -1.08. The fraction of sp³-hybridized carbons (Fsp3) is 0.308. The summed E-state index contributed by atoms with van der Waals surface area (Å²) in [6.07, 6.45) is -2.59. The molecule has 5 heteroatoms. The first-order valence-corrected chi connectivity index (χ1v) is 10.6. The van der Waals surface area contributed by atoms with Gasteiger partial charge < -0.3 is 24.1 Å². The van der Waals surface area contributed by atoms with Gasteiger partial charge in [-0.1, -0.05) is 91.0 Å². The van der Waals surface area contributed by atoms with Crippen molar-refractivity contribution in [1.29, 1.82) is 0 Å². The molecule has 1 N–H and O–H groups in total. The summed E-state index contributed by atoms with van der Waals surface area (Å²) in [7, 11) is 0. The second-order valence-corrected chi connectivity index (χ2v) is 7.58. The van der Waals surface area contributed by atoms with Crippen molar-refractivity contribution in [2.45, 2.75) is 44.4 Å². The van der Waals surface area contributed by atoms with Crippen LogP contribution in [-0.4, -0.2) is 36.3 Å². The van der Waals surface area contributed by atoms with E-state index in [1.807, 2.05) is 91.0 Å². The van der Waals surface area contributed by atoms with Crippen molar-refractivity contribution in [2.75, 3.05) is 6.61 Å². The van der Waals surface area contributed by atoms with Gasteiger partial charge in [0.2, 0.25) is 0 Å². The normalized spacial score (nSPS) is 23.5. The quantitative estimate of drug-likeness (QED) is 0.565. The third kappa shape index (κ3) is 6.23. The van der Waals surface area contributed by atoms with Crippen molar-refractivity contribution < 1.29 is 24.1 Å². The number of ether oxygens (including phenoxy) is 4. The van der Waals surface area contributed by atoms with Crippen LogP contribution in [0.1, 0.15) is 16.7 Å². The Morgan fingerprint density at radius 1 is 0.613 bits per heavy atom. The molecule has 1 fully saturated rings. The van der Waals surface area contributed by atoms with E-state index < -0.39 is 18.5 Å². The van der Waals surface area contributed by atoms with Gasteiger partial charge in [-0.15, -0.1) is 0 Å². The molecule has 0 unspecified atom stereocenters. The average Bonchev–Trinajstić information content (AvgIpc) is 2.83. The molecule has 1 aliphatic rings. The van der Waals surface area contributed by atoms with Crippen LogP contribution in [0.5, 0.6) is 0 Å². The van der Waals surface area contributed by atoms with Crippen molar-refractivity contribution in [3.8, 4) is 0 Å². The number of rotatable bonds is 9. The summed E-state index contributed by atoms with van der Waals surface area (Å²) in [5, 5.41) is 10.5. The van der Waals surface area contributed by atoms with Crippen LogP contribution in [0, 0.1) is 0 Å². The lowest BCUT2D eigenvalue weighted by Gasteiger charge is -2.40. The zero-order chi connectivity index (χ0) is 21.3. The highest BCUT2D eigenvalue weighted by Crippen LogP contribution is 2.25. The lowest BCUT2D eigenvalue weighted by Crippen LogP contribution is -2.56. The molecule has 0 radical (unpaired) electrons. The molecule has 3 aromatic rings. The van der Waals surface area contributed by atoms with Crippen LogP contribution in [0.15, 0.2) is 91.0 Å². The largest absolute Gasteiger partial charge is 0.368 e. The van der Waals surface area contributed by atoms with Gasteiger partial charge >= 0.3 is 0 Å². The molecule has 0 amide bonds. The summed E-state index contributed by atoms with van der Waals surface area (Å²) in [4.78, 5) is 0. The van der Waals surface area contributed by atoms with Crippen LogP contribution >= 0.6 is 0 Å². The van der Waals surface area contributed by atoms with Gasteiger partial charge in [-0.25, -0.2) is 0 Å². The van der Waals surface area contributed by atoms with Crippen LogP contribution in [-0.2, 0) is 38.8 Å². The van der Waals surface area contributed by atoms with Gasteiger partial charge in [0.25, 0.3) is 0 Å². The molecule has 0 bridgehead atoms. The van der Waals surface area contributed by atoms with Crippen LogP contribution in [0.25, 0.3) is 0 Å². The van der Waals surface area contributed by atoms with Crippen molar-refractivity contribution in [2.24, 2.45) is 0 Å². The Morgan fingerprint density at radius 2 is 1.03 bits per heavy atom. The van der Waals surface area contributed by atoms with Gasteiger partial charge in [-0.3, -0.25) is 0 Å². The standard InChI is InChI=1S/C26H28O5/c27-26-25(30-18-22-14-8-3-9-15-22)24(29-17-21-12-6-2-7-13-21)23(19-31-26)28-16-20-10-4-1-5-11-20/h1-15,23-27H,16-19H2/t23-,24-,25+,26+/m0/s1. The Kier molecular flexibility index (Phi) is 7.82. The first-order valence-electron chi connectivity index (χ1n) is 10.6. The number of aliphatic hydroxyl groups excluding tert-OH is 1. The molecule has 0 aromatic heterocycles. The summed E-state index contributed by atoms with van der Waals surface area (Å²) in [5.41, 5.74) is 3.13. The van der Waals surface area contributed by atoms with E-state index in [0.717, 1.165) is 16.7 Å². The summed E-state index contributed by atoms with van der Waals surface area (Å²) in [5.74, 6) is 0. The Morgan fingerprint density at radius 3 is 1.52 bits per heavy atom. The van der Waals surface area contributed by atoms with Gasteiger partial charge in [0.05, 0.1) is 26.4 Å². The maximum atomic E-state index is 10.5. The lowest BCUT2D eigenvalue weighted by atomic mass is 10.0. The van der Waals surface area contributed by atoms with Crippen molar-refractivity contribution in [3.05, 3.63) is 108 Å². The van der Waals surface area contributed by atoms with E-state index in [0.29, 0.717) is 19.8 Å². The molecule has 31 heavy (non-hydrogen) atoms. The maximum Gasteiger partial charge on any atom is 0.183 e. The molecular formula is C26H28O5. The predicted molar refractivity (Wildman–Crippen MR) is 117 cm³/mol. The highest BCUT2D eigenvalue weighted by Gasteiger charge is 2.42. The van der Waals surface area contributed by atoms with E-state index >= 15 is 0 Å². The predicted octanol–water partition coefficient (Wildman–Crippen LogP) is 4.09. The Hall–Kier alpha value is -2.54. The van der Waals surface area contributed by atoms with E-state index in [-0.39, 0.29) is 12.7 Å². The number of hydrogen-bond donors (Lipinski definition) is 1. The molecule has 1 aliphatic heterocycles. The highest BCUT2D eigenvalue weighted by atomic mass is 16.7. The van der Waals surface area contributed by atoms with Crippen molar-refractivity contribution >= 4 is 0 Å². The molecule has 3 aromatic carbocycles. The van der Waals surface area contributed by atoms with Gasteiger partial charge in [-0.2, -0.15) is 0 Å². The maximum absolute atomic E-state index is 10.5. The molecule has 0 aliphatic carbocycles. The Balaban J connectivity index is 1.46. The topological polar surface area (TPSA) is 57.2 Å². The molecule has 0 spiro atoms. The average molecular weight is 421 g/mol. The monoisotopic (exact) mass is 420 g/mol. The van der Waals surface area contributed by atoms with E-state index in [9.17, 15) is 5.11 Å². The zero-order valence-electron chi connectivity index (χ0n) is 17.4. The van der Waals surface area contributed by atoms with Crippen LogP contribution in [0.3, 0.4) is 0 Å². The molecule has 1 heterocycles. The molecule has 0 saturated carbocycles. The van der Waals surface area contributed by atoms with Gasteiger partial charge in [-0.05, 0) is 16.7 Å². The minimum Gasteiger partial charge on any atom is -0.368 e. The highest BCUT2D eigenvalue weighted by molar-refractivity contribution is 5.15. The van der Waals surface area contributed by atoms with Crippen LogP contribution < -0.4 is 0 Å². The molecule has 4 rings (SSSR count).